The second-order valence-corrected chi connectivity index (χ2v) is 5.95. The number of hydrogen-bond donors (Lipinski definition) is 2. The van der Waals surface area contributed by atoms with Crippen LogP contribution in [0.15, 0.2) is 48.8 Å². The normalized spacial score (nSPS) is 45.8. The van der Waals surface area contributed by atoms with Crippen molar-refractivity contribution in [2.75, 3.05) is 0 Å². The number of aliphatic hydroxyl groups excluding tert-OH is 2. The van der Waals surface area contributed by atoms with Crippen molar-refractivity contribution in [3.8, 4) is 0 Å². The van der Waals surface area contributed by atoms with E-state index in [2.05, 4.69) is 26.3 Å². The predicted molar refractivity (Wildman–Crippen MR) is 73.2 cm³/mol. The molecule has 0 radical (unpaired) electrons. The molecule has 3 nitrogen and oxygen atoms in total. The van der Waals surface area contributed by atoms with Crippen LogP contribution in [0.3, 0.4) is 0 Å². The van der Waals surface area contributed by atoms with Gasteiger partial charge in [-0.15, -0.1) is 0 Å². The molecule has 0 bridgehead atoms. The second-order valence-electron chi connectivity index (χ2n) is 5.95. The fourth-order valence-electron chi connectivity index (χ4n) is 3.87. The van der Waals surface area contributed by atoms with Gasteiger partial charge in [0.25, 0.3) is 0 Å². The molecular weight excluding hydrogens is 240 g/mol. The lowest BCUT2D eigenvalue weighted by atomic mass is 9.81. The van der Waals surface area contributed by atoms with Crippen molar-refractivity contribution < 1.29 is 14.9 Å². The fraction of sp³-hybridized carbons (Fsp3) is 0.500. The number of allylic oxidation sites excluding steroid dienone is 1. The van der Waals surface area contributed by atoms with Crippen molar-refractivity contribution >= 4 is 0 Å². The monoisotopic (exact) mass is 260 g/mol. The van der Waals surface area contributed by atoms with Gasteiger partial charge in [0, 0.05) is 5.92 Å². The highest BCUT2D eigenvalue weighted by Crippen LogP contribution is 2.53. The molecule has 3 fully saturated rings. The van der Waals surface area contributed by atoms with Crippen LogP contribution in [0.25, 0.3) is 0 Å². The van der Waals surface area contributed by atoms with Crippen molar-refractivity contribution in [1.29, 1.82) is 0 Å². The zero-order valence-electron chi connectivity index (χ0n) is 11.0. The van der Waals surface area contributed by atoms with Crippen LogP contribution in [0, 0.1) is 17.8 Å². The first kappa shape index (κ1) is 12.7. The summed E-state index contributed by atoms with van der Waals surface area (Å²) in [6.45, 7) is 15.9. The molecule has 0 aromatic rings. The molecule has 19 heavy (non-hydrogen) atoms. The maximum Gasteiger partial charge on any atom is 0.115 e. The molecule has 0 unspecified atom stereocenters. The quantitative estimate of drug-likeness (QED) is 0.654. The molecule has 1 saturated heterocycles. The lowest BCUT2D eigenvalue weighted by Crippen LogP contribution is -2.33. The summed E-state index contributed by atoms with van der Waals surface area (Å²) in [5, 5.41) is 20.4. The van der Waals surface area contributed by atoms with Gasteiger partial charge in [0.1, 0.15) is 11.9 Å². The molecule has 1 heterocycles. The summed E-state index contributed by atoms with van der Waals surface area (Å²) in [5.41, 5.74) is 2.53. The van der Waals surface area contributed by atoms with Crippen LogP contribution in [0.1, 0.15) is 12.8 Å². The molecule has 1 aliphatic heterocycles. The van der Waals surface area contributed by atoms with Gasteiger partial charge < -0.3 is 14.9 Å². The number of fused-ring (bicyclic) bond motifs is 3. The van der Waals surface area contributed by atoms with E-state index in [1.165, 1.54) is 0 Å². The lowest BCUT2D eigenvalue weighted by molar-refractivity contribution is 0.0335. The summed E-state index contributed by atoms with van der Waals surface area (Å²) in [5.74, 6) is 0.516. The highest BCUT2D eigenvalue weighted by molar-refractivity contribution is 5.37. The molecule has 3 rings (SSSR count). The van der Waals surface area contributed by atoms with Crippen LogP contribution >= 0.6 is 0 Å². The van der Waals surface area contributed by atoms with Gasteiger partial charge in [-0.2, -0.15) is 0 Å². The summed E-state index contributed by atoms with van der Waals surface area (Å²) in [7, 11) is 0. The Balaban J connectivity index is 2.05. The number of hydrogen-bond acceptors (Lipinski definition) is 3. The van der Waals surface area contributed by atoms with E-state index in [0.29, 0.717) is 18.6 Å². The van der Waals surface area contributed by atoms with E-state index in [1.807, 2.05) is 0 Å². The molecule has 102 valence electrons. The highest BCUT2D eigenvalue weighted by atomic mass is 16.5. The third kappa shape index (κ3) is 1.65. The SMILES string of the molecule is C=C1O[C@@H]2[C@H]3C(=C)[C@@H](O)C[C@H]3C(=C)C[C@@H](O)[C@H]2C1=C. The molecule has 2 saturated carbocycles. The highest BCUT2D eigenvalue weighted by Gasteiger charge is 2.53. The fourth-order valence-corrected chi connectivity index (χ4v) is 3.87. The Bertz CT molecular complexity index is 490. The number of aliphatic hydroxyl groups is 2. The Labute approximate surface area is 113 Å². The summed E-state index contributed by atoms with van der Waals surface area (Å²) >= 11 is 0. The lowest BCUT2D eigenvalue weighted by Gasteiger charge is -2.27. The maximum atomic E-state index is 10.4. The van der Waals surface area contributed by atoms with E-state index < -0.39 is 12.2 Å². The predicted octanol–water partition coefficient (Wildman–Crippen LogP) is 1.95. The van der Waals surface area contributed by atoms with Crippen molar-refractivity contribution in [2.45, 2.75) is 31.2 Å². The third-order valence-corrected chi connectivity index (χ3v) is 4.92. The van der Waals surface area contributed by atoms with Gasteiger partial charge in [-0.3, -0.25) is 0 Å². The second kappa shape index (κ2) is 4.09. The minimum Gasteiger partial charge on any atom is -0.489 e. The molecule has 2 aliphatic carbocycles. The van der Waals surface area contributed by atoms with Gasteiger partial charge in [-0.05, 0) is 29.9 Å². The zero-order valence-corrected chi connectivity index (χ0v) is 11.0. The van der Waals surface area contributed by atoms with Crippen molar-refractivity contribution in [3.63, 3.8) is 0 Å². The van der Waals surface area contributed by atoms with Crippen LogP contribution in [-0.2, 0) is 4.74 Å². The molecule has 0 spiro atoms. The van der Waals surface area contributed by atoms with Gasteiger partial charge >= 0.3 is 0 Å². The van der Waals surface area contributed by atoms with Gasteiger partial charge in [0.2, 0.25) is 0 Å². The van der Waals surface area contributed by atoms with Crippen LogP contribution in [-0.4, -0.2) is 28.5 Å². The van der Waals surface area contributed by atoms with Crippen molar-refractivity contribution in [2.24, 2.45) is 17.8 Å². The average molecular weight is 260 g/mol. The van der Waals surface area contributed by atoms with Gasteiger partial charge in [-0.25, -0.2) is 0 Å². The van der Waals surface area contributed by atoms with E-state index in [9.17, 15) is 10.2 Å². The molecule has 3 heteroatoms. The Hall–Kier alpha value is -1.32. The molecule has 3 aliphatic rings. The van der Waals surface area contributed by atoms with Crippen LogP contribution in [0.5, 0.6) is 0 Å². The molecule has 2 N–H and O–H groups in total. The average Bonchev–Trinajstić information content (AvgIpc) is 2.75. The van der Waals surface area contributed by atoms with E-state index in [4.69, 9.17) is 4.74 Å². The van der Waals surface area contributed by atoms with E-state index in [0.717, 1.165) is 16.7 Å². The van der Waals surface area contributed by atoms with Crippen LogP contribution in [0.2, 0.25) is 0 Å². The number of ether oxygens (including phenoxy) is 1. The van der Waals surface area contributed by atoms with Gasteiger partial charge in [0.05, 0.1) is 18.1 Å². The smallest absolute Gasteiger partial charge is 0.115 e. The van der Waals surface area contributed by atoms with E-state index in [1.54, 1.807) is 0 Å². The van der Waals surface area contributed by atoms with E-state index in [-0.39, 0.29) is 23.9 Å². The summed E-state index contributed by atoms with van der Waals surface area (Å²) in [6, 6.07) is 0. The maximum absolute atomic E-state index is 10.4. The molecule has 6 atom stereocenters. The third-order valence-electron chi connectivity index (χ3n) is 4.92. The summed E-state index contributed by atoms with van der Waals surface area (Å²) in [6.07, 6.45) is -0.115. The largest absolute Gasteiger partial charge is 0.489 e. The molecule has 0 aromatic carbocycles. The van der Waals surface area contributed by atoms with Gasteiger partial charge in [-0.1, -0.05) is 31.9 Å². The topological polar surface area (TPSA) is 49.7 Å². The van der Waals surface area contributed by atoms with Crippen LogP contribution in [0.4, 0.5) is 0 Å². The van der Waals surface area contributed by atoms with E-state index >= 15 is 0 Å². The zero-order chi connectivity index (χ0) is 13.9. The first-order valence-corrected chi connectivity index (χ1v) is 6.69. The Morgan fingerprint density at radius 2 is 1.74 bits per heavy atom. The summed E-state index contributed by atoms with van der Waals surface area (Å²) < 4.78 is 5.84. The standard InChI is InChI=1S/C16H20O3/c1-7-5-13(18)15-8(2)10(4)19-16(15)14-9(3)12(17)6-11(7)14/h11-18H,1-6H2/t11-,12-,13+,14-,15+,16+/m0/s1. The molecule has 0 aromatic heterocycles. The van der Waals surface area contributed by atoms with Gasteiger partial charge in [0.15, 0.2) is 0 Å². The first-order valence-electron chi connectivity index (χ1n) is 6.69. The Morgan fingerprint density at radius 3 is 2.42 bits per heavy atom. The minimum absolute atomic E-state index is 0.000602. The minimum atomic E-state index is -0.542. The van der Waals surface area contributed by atoms with Crippen molar-refractivity contribution in [3.05, 3.63) is 48.8 Å². The Kier molecular flexibility index (Phi) is 2.73. The molecular formula is C16H20O3. The summed E-state index contributed by atoms with van der Waals surface area (Å²) in [4.78, 5) is 0. The van der Waals surface area contributed by atoms with Crippen LogP contribution < -0.4 is 0 Å². The Morgan fingerprint density at radius 1 is 1.05 bits per heavy atom. The van der Waals surface area contributed by atoms with Crippen molar-refractivity contribution in [1.82, 2.24) is 0 Å². The first-order chi connectivity index (χ1) is 8.91. The number of rotatable bonds is 0. The molecule has 0 amide bonds.